The first-order valence-electron chi connectivity index (χ1n) is 8.30. The van der Waals surface area contributed by atoms with E-state index >= 15 is 0 Å². The molecule has 21 heavy (non-hydrogen) atoms. The van der Waals surface area contributed by atoms with Crippen LogP contribution in [0.4, 0.5) is 0 Å². The molecule has 120 valence electrons. The first kappa shape index (κ1) is 16.3. The van der Waals surface area contributed by atoms with Gasteiger partial charge in [-0.1, -0.05) is 13.8 Å². The van der Waals surface area contributed by atoms with E-state index in [1.165, 1.54) is 0 Å². The molecule has 2 amide bonds. The SMILES string of the molecule is CC(C)C(=O)N1CCN(C(=O)C2CCC(CN)CC2)CC1. The van der Waals surface area contributed by atoms with Crippen LogP contribution >= 0.6 is 0 Å². The molecular weight excluding hydrogens is 266 g/mol. The average Bonchev–Trinajstić information content (AvgIpc) is 2.53. The number of nitrogens with two attached hydrogens (primary N) is 1. The quantitative estimate of drug-likeness (QED) is 0.847. The highest BCUT2D eigenvalue weighted by molar-refractivity contribution is 5.80. The second-order valence-electron chi connectivity index (χ2n) is 6.76. The van der Waals surface area contributed by atoms with Crippen molar-refractivity contribution in [1.29, 1.82) is 0 Å². The van der Waals surface area contributed by atoms with Gasteiger partial charge in [-0.05, 0) is 38.1 Å². The maximum atomic E-state index is 12.5. The van der Waals surface area contributed by atoms with E-state index in [1.807, 2.05) is 23.6 Å². The third kappa shape index (κ3) is 3.96. The molecule has 0 radical (unpaired) electrons. The highest BCUT2D eigenvalue weighted by atomic mass is 16.2. The molecule has 1 aliphatic heterocycles. The maximum Gasteiger partial charge on any atom is 0.225 e. The zero-order valence-corrected chi connectivity index (χ0v) is 13.4. The van der Waals surface area contributed by atoms with Crippen LogP contribution in [-0.2, 0) is 9.59 Å². The lowest BCUT2D eigenvalue weighted by Gasteiger charge is -2.38. The monoisotopic (exact) mass is 295 g/mol. The van der Waals surface area contributed by atoms with E-state index in [0.717, 1.165) is 32.2 Å². The molecule has 2 aliphatic rings. The maximum absolute atomic E-state index is 12.5. The van der Waals surface area contributed by atoms with Crippen LogP contribution in [0.2, 0.25) is 0 Å². The molecule has 0 unspecified atom stereocenters. The van der Waals surface area contributed by atoms with Crippen LogP contribution < -0.4 is 5.73 Å². The third-order valence-electron chi connectivity index (χ3n) is 4.93. The smallest absolute Gasteiger partial charge is 0.225 e. The Bertz CT molecular complexity index is 368. The summed E-state index contributed by atoms with van der Waals surface area (Å²) in [6.45, 7) is 7.34. The second kappa shape index (κ2) is 7.25. The van der Waals surface area contributed by atoms with Crippen molar-refractivity contribution >= 4 is 11.8 Å². The van der Waals surface area contributed by atoms with Crippen LogP contribution in [0.15, 0.2) is 0 Å². The Balaban J connectivity index is 1.79. The van der Waals surface area contributed by atoms with Gasteiger partial charge in [0.2, 0.25) is 11.8 Å². The van der Waals surface area contributed by atoms with Gasteiger partial charge in [0.25, 0.3) is 0 Å². The summed E-state index contributed by atoms with van der Waals surface area (Å²) in [6, 6.07) is 0. The van der Waals surface area contributed by atoms with E-state index in [0.29, 0.717) is 38.0 Å². The average molecular weight is 295 g/mol. The fraction of sp³-hybridized carbons (Fsp3) is 0.875. The van der Waals surface area contributed by atoms with Crippen molar-refractivity contribution in [2.45, 2.75) is 39.5 Å². The van der Waals surface area contributed by atoms with E-state index < -0.39 is 0 Å². The zero-order valence-electron chi connectivity index (χ0n) is 13.4. The molecule has 1 saturated carbocycles. The largest absolute Gasteiger partial charge is 0.339 e. The first-order chi connectivity index (χ1) is 10.0. The molecule has 1 heterocycles. The highest BCUT2D eigenvalue weighted by Gasteiger charge is 2.31. The second-order valence-corrected chi connectivity index (χ2v) is 6.76. The van der Waals surface area contributed by atoms with E-state index in [9.17, 15) is 9.59 Å². The fourth-order valence-corrected chi connectivity index (χ4v) is 3.42. The van der Waals surface area contributed by atoms with Crippen molar-refractivity contribution < 1.29 is 9.59 Å². The highest BCUT2D eigenvalue weighted by Crippen LogP contribution is 2.29. The van der Waals surface area contributed by atoms with Crippen LogP contribution in [0.5, 0.6) is 0 Å². The van der Waals surface area contributed by atoms with Crippen molar-refractivity contribution in [3.8, 4) is 0 Å². The molecular formula is C16H29N3O2. The molecule has 1 saturated heterocycles. The normalized spacial score (nSPS) is 27.0. The number of carbonyl (C=O) groups is 2. The van der Waals surface area contributed by atoms with Crippen molar-refractivity contribution in [3.63, 3.8) is 0 Å². The molecule has 0 aromatic carbocycles. The molecule has 1 aliphatic carbocycles. The predicted octanol–water partition coefficient (Wildman–Crippen LogP) is 1.08. The zero-order chi connectivity index (χ0) is 15.4. The van der Waals surface area contributed by atoms with Gasteiger partial charge in [0.1, 0.15) is 0 Å². The van der Waals surface area contributed by atoms with Gasteiger partial charge in [-0.15, -0.1) is 0 Å². The lowest BCUT2D eigenvalue weighted by atomic mass is 9.81. The molecule has 2 N–H and O–H groups in total. The number of amides is 2. The van der Waals surface area contributed by atoms with Crippen LogP contribution in [0.1, 0.15) is 39.5 Å². The minimum atomic E-state index is 0.0405. The minimum Gasteiger partial charge on any atom is -0.339 e. The van der Waals surface area contributed by atoms with Crippen molar-refractivity contribution in [3.05, 3.63) is 0 Å². The standard InChI is InChI=1S/C16H29N3O2/c1-12(2)15(20)18-7-9-19(10-8-18)16(21)14-5-3-13(11-17)4-6-14/h12-14H,3-11,17H2,1-2H3. The lowest BCUT2D eigenvalue weighted by Crippen LogP contribution is -2.53. The van der Waals surface area contributed by atoms with Gasteiger partial charge in [0.15, 0.2) is 0 Å². The minimum absolute atomic E-state index is 0.0405. The first-order valence-corrected chi connectivity index (χ1v) is 8.30. The Morgan fingerprint density at radius 3 is 2.00 bits per heavy atom. The van der Waals surface area contributed by atoms with E-state index in [2.05, 4.69) is 0 Å². The Morgan fingerprint density at radius 1 is 1.00 bits per heavy atom. The summed E-state index contributed by atoms with van der Waals surface area (Å²) < 4.78 is 0. The van der Waals surface area contributed by atoms with E-state index in [4.69, 9.17) is 5.73 Å². The van der Waals surface area contributed by atoms with Crippen LogP contribution in [0.3, 0.4) is 0 Å². The molecule has 0 aromatic rings. The lowest BCUT2D eigenvalue weighted by molar-refractivity contribution is -0.144. The number of hydrogen-bond acceptors (Lipinski definition) is 3. The molecule has 2 rings (SSSR count). The summed E-state index contributed by atoms with van der Waals surface area (Å²) in [7, 11) is 0. The van der Waals surface area contributed by atoms with Gasteiger partial charge in [0.05, 0.1) is 0 Å². The van der Waals surface area contributed by atoms with Crippen molar-refractivity contribution in [2.75, 3.05) is 32.7 Å². The van der Waals surface area contributed by atoms with Gasteiger partial charge in [0, 0.05) is 38.0 Å². The summed E-state index contributed by atoms with van der Waals surface area (Å²) in [5, 5.41) is 0. The number of carbonyl (C=O) groups excluding carboxylic acids is 2. The van der Waals surface area contributed by atoms with Gasteiger partial charge in [-0.25, -0.2) is 0 Å². The number of hydrogen-bond donors (Lipinski definition) is 1. The summed E-state index contributed by atoms with van der Waals surface area (Å²) in [6.07, 6.45) is 4.12. The molecule has 0 aromatic heterocycles. The Hall–Kier alpha value is -1.10. The van der Waals surface area contributed by atoms with Gasteiger partial charge in [-0.3, -0.25) is 9.59 Å². The van der Waals surface area contributed by atoms with Crippen molar-refractivity contribution in [2.24, 2.45) is 23.5 Å². The number of nitrogens with zero attached hydrogens (tertiary/aromatic N) is 2. The van der Waals surface area contributed by atoms with E-state index in [1.54, 1.807) is 0 Å². The third-order valence-corrected chi connectivity index (χ3v) is 4.93. The molecule has 5 nitrogen and oxygen atoms in total. The van der Waals surface area contributed by atoms with Gasteiger partial charge < -0.3 is 15.5 Å². The molecule has 5 heteroatoms. The molecule has 2 fully saturated rings. The Labute approximate surface area is 127 Å². The predicted molar refractivity (Wildman–Crippen MR) is 82.5 cm³/mol. The Kier molecular flexibility index (Phi) is 5.62. The number of piperazine rings is 1. The summed E-state index contributed by atoms with van der Waals surface area (Å²) >= 11 is 0. The summed E-state index contributed by atoms with van der Waals surface area (Å²) in [5.41, 5.74) is 5.70. The van der Waals surface area contributed by atoms with Crippen LogP contribution in [0, 0.1) is 17.8 Å². The Morgan fingerprint density at radius 2 is 1.52 bits per heavy atom. The van der Waals surface area contributed by atoms with Crippen LogP contribution in [-0.4, -0.2) is 54.3 Å². The topological polar surface area (TPSA) is 66.6 Å². The fourth-order valence-electron chi connectivity index (χ4n) is 3.42. The number of rotatable bonds is 3. The summed E-state index contributed by atoms with van der Waals surface area (Å²) in [4.78, 5) is 28.4. The molecule has 0 atom stereocenters. The van der Waals surface area contributed by atoms with Crippen LogP contribution in [0.25, 0.3) is 0 Å². The molecule has 0 bridgehead atoms. The van der Waals surface area contributed by atoms with Gasteiger partial charge in [-0.2, -0.15) is 0 Å². The van der Waals surface area contributed by atoms with Gasteiger partial charge >= 0.3 is 0 Å². The summed E-state index contributed by atoms with van der Waals surface area (Å²) in [5.74, 6) is 1.32. The molecule has 0 spiro atoms. The van der Waals surface area contributed by atoms with Crippen molar-refractivity contribution in [1.82, 2.24) is 9.80 Å². The van der Waals surface area contributed by atoms with E-state index in [-0.39, 0.29) is 17.7 Å².